The van der Waals surface area contributed by atoms with Crippen molar-refractivity contribution < 1.29 is 0 Å². The molecule has 3 heteroatoms. The Morgan fingerprint density at radius 1 is 1.27 bits per heavy atom. The second kappa shape index (κ2) is 4.46. The summed E-state index contributed by atoms with van der Waals surface area (Å²) in [6.07, 6.45) is 6.45. The van der Waals surface area contributed by atoms with Gasteiger partial charge in [-0.2, -0.15) is 0 Å². The molecule has 0 aromatic heterocycles. The van der Waals surface area contributed by atoms with Gasteiger partial charge in [-0.05, 0) is 52.1 Å². The van der Waals surface area contributed by atoms with E-state index in [1.807, 2.05) is 0 Å². The second-order valence-electron chi connectivity index (χ2n) is 5.35. The number of likely N-dealkylation sites (tertiary alicyclic amines) is 1. The molecule has 0 aromatic rings. The van der Waals surface area contributed by atoms with Crippen molar-refractivity contribution in [1.29, 1.82) is 0 Å². The highest BCUT2D eigenvalue weighted by atomic mass is 15.3. The number of piperidine rings is 1. The van der Waals surface area contributed by atoms with Gasteiger partial charge >= 0.3 is 0 Å². The van der Waals surface area contributed by atoms with Crippen LogP contribution in [0.1, 0.15) is 46.0 Å². The Labute approximate surface area is 95.4 Å². The van der Waals surface area contributed by atoms with E-state index >= 15 is 0 Å². The van der Waals surface area contributed by atoms with Gasteiger partial charge in [-0.1, -0.05) is 6.92 Å². The SMILES string of the molecule is [B]N1CCCC12CCCN(C(C)CC)C2. The fourth-order valence-electron chi connectivity index (χ4n) is 3.18. The van der Waals surface area contributed by atoms with Crippen molar-refractivity contribution in [2.75, 3.05) is 19.6 Å². The van der Waals surface area contributed by atoms with Gasteiger partial charge in [0, 0.05) is 18.1 Å². The molecule has 2 aliphatic heterocycles. The summed E-state index contributed by atoms with van der Waals surface area (Å²) in [5.74, 6) is 0. The highest BCUT2D eigenvalue weighted by Gasteiger charge is 2.41. The Hall–Kier alpha value is -0.0151. The van der Waals surface area contributed by atoms with Gasteiger partial charge in [0.15, 0.2) is 7.98 Å². The van der Waals surface area contributed by atoms with Crippen LogP contribution in [0.15, 0.2) is 0 Å². The van der Waals surface area contributed by atoms with Crippen LogP contribution in [0.25, 0.3) is 0 Å². The highest BCUT2D eigenvalue weighted by molar-refractivity contribution is 6.05. The Morgan fingerprint density at radius 2 is 1.93 bits per heavy atom. The average molecular weight is 206 g/mol. The number of hydrogen-bond acceptors (Lipinski definition) is 2. The zero-order chi connectivity index (χ0) is 10.9. The van der Waals surface area contributed by atoms with Crippen LogP contribution in [0.3, 0.4) is 0 Å². The van der Waals surface area contributed by atoms with E-state index in [9.17, 15) is 0 Å². The van der Waals surface area contributed by atoms with Crippen molar-refractivity contribution >= 4 is 7.98 Å². The lowest BCUT2D eigenvalue weighted by Gasteiger charge is -2.47. The number of hydrogen-bond donors (Lipinski definition) is 0. The normalized spacial score (nSPS) is 36.1. The van der Waals surface area contributed by atoms with Crippen LogP contribution in [0.4, 0.5) is 0 Å². The smallest absolute Gasteiger partial charge is 0.183 e. The van der Waals surface area contributed by atoms with Crippen LogP contribution in [0.2, 0.25) is 0 Å². The minimum atomic E-state index is 0.321. The lowest BCUT2D eigenvalue weighted by molar-refractivity contribution is 0.0630. The maximum absolute atomic E-state index is 6.15. The Kier molecular flexibility index (Phi) is 3.41. The quantitative estimate of drug-likeness (QED) is 0.635. The van der Waals surface area contributed by atoms with E-state index in [0.29, 0.717) is 5.54 Å². The van der Waals surface area contributed by atoms with Crippen LogP contribution < -0.4 is 0 Å². The molecule has 84 valence electrons. The zero-order valence-electron chi connectivity index (χ0n) is 10.2. The molecule has 2 unspecified atom stereocenters. The van der Waals surface area contributed by atoms with Gasteiger partial charge in [0.1, 0.15) is 0 Å². The van der Waals surface area contributed by atoms with Crippen molar-refractivity contribution in [3.8, 4) is 0 Å². The molecule has 0 bridgehead atoms. The molecule has 2 fully saturated rings. The maximum Gasteiger partial charge on any atom is 0.183 e. The largest absolute Gasteiger partial charge is 0.347 e. The topological polar surface area (TPSA) is 6.48 Å². The molecular formula is C12H23BN2. The van der Waals surface area contributed by atoms with E-state index in [2.05, 4.69) is 23.6 Å². The summed E-state index contributed by atoms with van der Waals surface area (Å²) < 4.78 is 0. The molecule has 2 heterocycles. The van der Waals surface area contributed by atoms with Crippen LogP contribution in [0.5, 0.6) is 0 Å². The molecule has 0 saturated carbocycles. The zero-order valence-corrected chi connectivity index (χ0v) is 10.2. The van der Waals surface area contributed by atoms with E-state index in [1.165, 1.54) is 45.2 Å². The molecule has 2 atom stereocenters. The molecule has 15 heavy (non-hydrogen) atoms. The first-order valence-electron chi connectivity index (χ1n) is 6.44. The Bertz CT molecular complexity index is 222. The van der Waals surface area contributed by atoms with Gasteiger partial charge in [-0.25, -0.2) is 0 Å². The van der Waals surface area contributed by atoms with Gasteiger partial charge in [0.25, 0.3) is 0 Å². The molecule has 0 N–H and O–H groups in total. The standard InChI is InChI=1S/C12H23BN2/c1-3-11(2)14-8-4-6-12(10-14)7-5-9-15(12)13/h11H,3-10H2,1-2H3. The highest BCUT2D eigenvalue weighted by Crippen LogP contribution is 2.36. The third-order valence-electron chi connectivity index (χ3n) is 4.45. The summed E-state index contributed by atoms with van der Waals surface area (Å²) in [4.78, 5) is 4.76. The summed E-state index contributed by atoms with van der Waals surface area (Å²) in [6, 6.07) is 0.719. The van der Waals surface area contributed by atoms with E-state index in [1.54, 1.807) is 0 Å². The van der Waals surface area contributed by atoms with E-state index in [4.69, 9.17) is 7.98 Å². The fraction of sp³-hybridized carbons (Fsp3) is 1.00. The average Bonchev–Trinajstić information content (AvgIpc) is 2.59. The van der Waals surface area contributed by atoms with Crippen molar-refractivity contribution in [2.45, 2.75) is 57.5 Å². The summed E-state index contributed by atoms with van der Waals surface area (Å²) in [7, 11) is 6.15. The predicted molar refractivity (Wildman–Crippen MR) is 65.0 cm³/mol. The molecular weight excluding hydrogens is 183 g/mol. The Morgan fingerprint density at radius 3 is 2.47 bits per heavy atom. The van der Waals surface area contributed by atoms with Gasteiger partial charge in [-0.15, -0.1) is 0 Å². The monoisotopic (exact) mass is 206 g/mol. The van der Waals surface area contributed by atoms with Crippen molar-refractivity contribution in [1.82, 2.24) is 9.71 Å². The molecule has 0 aromatic carbocycles. The first-order chi connectivity index (χ1) is 7.18. The summed E-state index contributed by atoms with van der Waals surface area (Å²) in [5, 5.41) is 0. The maximum atomic E-state index is 6.15. The minimum Gasteiger partial charge on any atom is -0.347 e. The molecule has 2 radical (unpaired) electrons. The molecule has 2 nitrogen and oxygen atoms in total. The molecule has 0 amide bonds. The molecule has 2 aliphatic rings. The van der Waals surface area contributed by atoms with E-state index in [0.717, 1.165) is 12.6 Å². The van der Waals surface area contributed by atoms with Gasteiger partial charge in [-0.3, -0.25) is 4.90 Å². The summed E-state index contributed by atoms with van der Waals surface area (Å²) in [5.41, 5.74) is 0.321. The van der Waals surface area contributed by atoms with Gasteiger partial charge < -0.3 is 4.81 Å². The third kappa shape index (κ3) is 2.09. The minimum absolute atomic E-state index is 0.321. The Balaban J connectivity index is 2.03. The summed E-state index contributed by atoms with van der Waals surface area (Å²) >= 11 is 0. The van der Waals surface area contributed by atoms with Crippen LogP contribution in [-0.2, 0) is 0 Å². The molecule has 2 saturated heterocycles. The number of rotatable bonds is 2. The number of nitrogens with zero attached hydrogens (tertiary/aromatic N) is 2. The summed E-state index contributed by atoms with van der Waals surface area (Å²) in [6.45, 7) is 8.17. The molecule has 2 rings (SSSR count). The molecule has 1 spiro atoms. The molecule has 0 aliphatic carbocycles. The lowest BCUT2D eigenvalue weighted by atomic mass is 9.84. The van der Waals surface area contributed by atoms with Crippen LogP contribution in [0, 0.1) is 0 Å². The van der Waals surface area contributed by atoms with Gasteiger partial charge in [0.05, 0.1) is 0 Å². The first kappa shape index (κ1) is 11.5. The third-order valence-corrected chi connectivity index (χ3v) is 4.45. The van der Waals surface area contributed by atoms with Crippen LogP contribution >= 0.6 is 0 Å². The van der Waals surface area contributed by atoms with Gasteiger partial charge in [0.2, 0.25) is 0 Å². The van der Waals surface area contributed by atoms with Crippen molar-refractivity contribution in [3.05, 3.63) is 0 Å². The van der Waals surface area contributed by atoms with E-state index < -0.39 is 0 Å². The van der Waals surface area contributed by atoms with Crippen molar-refractivity contribution in [2.24, 2.45) is 0 Å². The second-order valence-corrected chi connectivity index (χ2v) is 5.35. The predicted octanol–water partition coefficient (Wildman–Crippen LogP) is 1.80. The van der Waals surface area contributed by atoms with Crippen molar-refractivity contribution in [3.63, 3.8) is 0 Å². The lowest BCUT2D eigenvalue weighted by Crippen LogP contribution is -2.56. The van der Waals surface area contributed by atoms with E-state index in [-0.39, 0.29) is 0 Å². The fourth-order valence-corrected chi connectivity index (χ4v) is 3.18. The van der Waals surface area contributed by atoms with Crippen LogP contribution in [-0.4, -0.2) is 48.9 Å². The first-order valence-corrected chi connectivity index (χ1v) is 6.44.